The summed E-state index contributed by atoms with van der Waals surface area (Å²) in [6, 6.07) is 4.57. The molecule has 0 bridgehead atoms. The fraction of sp³-hybridized carbons (Fsp3) is 0.222. The van der Waals surface area contributed by atoms with Crippen molar-refractivity contribution in [3.63, 3.8) is 0 Å². The second kappa shape index (κ2) is 3.77. The fourth-order valence-corrected chi connectivity index (χ4v) is 1.26. The molecule has 0 aliphatic heterocycles. The van der Waals surface area contributed by atoms with Gasteiger partial charge in [-0.15, -0.1) is 0 Å². The first-order valence-corrected chi connectivity index (χ1v) is 4.18. The quantitative estimate of drug-likeness (QED) is 0.767. The van der Waals surface area contributed by atoms with Crippen LogP contribution >= 0.6 is 11.6 Å². The van der Waals surface area contributed by atoms with E-state index in [0.29, 0.717) is 0 Å². The highest BCUT2D eigenvalue weighted by Gasteiger charge is 2.09. The van der Waals surface area contributed by atoms with Crippen molar-refractivity contribution in [3.8, 4) is 0 Å². The molecule has 0 fully saturated rings. The zero-order valence-corrected chi connectivity index (χ0v) is 7.88. The van der Waals surface area contributed by atoms with Gasteiger partial charge in [-0.25, -0.2) is 4.79 Å². The highest BCUT2D eigenvalue weighted by atomic mass is 35.5. The molecule has 1 rings (SSSR count). The first kappa shape index (κ1) is 10.0. The smallest absolute Gasteiger partial charge is 0.337 e. The van der Waals surface area contributed by atoms with Crippen LogP contribution in [0.4, 0.5) is 0 Å². The molecule has 0 saturated carbocycles. The third-order valence-corrected chi connectivity index (χ3v) is 2.06. The molecule has 0 aromatic heterocycles. The monoisotopic (exact) mass is 199 g/mol. The number of carboxylic acids is 1. The van der Waals surface area contributed by atoms with Crippen LogP contribution in [0, 0.1) is 0 Å². The topological polar surface area (TPSA) is 63.3 Å². The van der Waals surface area contributed by atoms with E-state index in [-0.39, 0.29) is 16.6 Å². The normalized spacial score (nSPS) is 12.5. The second-order valence-corrected chi connectivity index (χ2v) is 3.24. The molecule has 1 atom stereocenters. The molecule has 0 amide bonds. The number of carbonyl (C=O) groups is 1. The first-order chi connectivity index (χ1) is 6.02. The zero-order valence-electron chi connectivity index (χ0n) is 7.12. The van der Waals surface area contributed by atoms with Gasteiger partial charge in [0.15, 0.2) is 0 Å². The van der Waals surface area contributed by atoms with E-state index >= 15 is 0 Å². The Labute approximate surface area is 81.1 Å². The first-order valence-electron chi connectivity index (χ1n) is 3.80. The van der Waals surface area contributed by atoms with Gasteiger partial charge in [-0.3, -0.25) is 0 Å². The molecule has 0 heterocycles. The SMILES string of the molecule is CC(N)c1ccc(C(=O)O)c(Cl)c1. The lowest BCUT2D eigenvalue weighted by Gasteiger charge is -2.06. The summed E-state index contributed by atoms with van der Waals surface area (Å²) < 4.78 is 0. The zero-order chi connectivity index (χ0) is 10.0. The van der Waals surface area contributed by atoms with Crippen molar-refractivity contribution in [1.82, 2.24) is 0 Å². The summed E-state index contributed by atoms with van der Waals surface area (Å²) in [5.74, 6) is -1.03. The number of hydrogen-bond acceptors (Lipinski definition) is 2. The molecule has 13 heavy (non-hydrogen) atoms. The van der Waals surface area contributed by atoms with Crippen molar-refractivity contribution >= 4 is 17.6 Å². The van der Waals surface area contributed by atoms with Gasteiger partial charge in [0.05, 0.1) is 10.6 Å². The summed E-state index contributed by atoms with van der Waals surface area (Å²) in [6.07, 6.45) is 0. The fourth-order valence-electron chi connectivity index (χ4n) is 0.988. The molecule has 0 spiro atoms. The third kappa shape index (κ3) is 2.20. The molecule has 0 radical (unpaired) electrons. The van der Waals surface area contributed by atoms with Crippen LogP contribution in [-0.2, 0) is 0 Å². The second-order valence-electron chi connectivity index (χ2n) is 2.83. The van der Waals surface area contributed by atoms with Crippen LogP contribution < -0.4 is 5.73 Å². The molecular weight excluding hydrogens is 190 g/mol. The number of halogens is 1. The van der Waals surface area contributed by atoms with Gasteiger partial charge in [0.25, 0.3) is 0 Å². The maximum atomic E-state index is 10.6. The summed E-state index contributed by atoms with van der Waals surface area (Å²) in [7, 11) is 0. The van der Waals surface area contributed by atoms with Gasteiger partial charge in [0.1, 0.15) is 0 Å². The molecule has 1 aromatic rings. The van der Waals surface area contributed by atoms with Crippen molar-refractivity contribution in [3.05, 3.63) is 34.3 Å². The Bertz CT molecular complexity index is 336. The largest absolute Gasteiger partial charge is 0.478 e. The molecule has 4 heteroatoms. The third-order valence-electron chi connectivity index (χ3n) is 1.75. The average Bonchev–Trinajstić information content (AvgIpc) is 2.03. The van der Waals surface area contributed by atoms with Gasteiger partial charge < -0.3 is 10.8 Å². The predicted octanol–water partition coefficient (Wildman–Crippen LogP) is 2.06. The number of rotatable bonds is 2. The Hall–Kier alpha value is -1.06. The average molecular weight is 200 g/mol. The van der Waals surface area contributed by atoms with Crippen molar-refractivity contribution in [2.75, 3.05) is 0 Å². The summed E-state index contributed by atoms with van der Waals surface area (Å²) in [6.45, 7) is 1.81. The highest BCUT2D eigenvalue weighted by Crippen LogP contribution is 2.20. The molecular formula is C9H10ClNO2. The molecule has 0 aliphatic rings. The Morgan fingerprint density at radius 1 is 1.62 bits per heavy atom. The lowest BCUT2D eigenvalue weighted by molar-refractivity contribution is 0.0697. The molecule has 0 aliphatic carbocycles. The summed E-state index contributed by atoms with van der Waals surface area (Å²) >= 11 is 5.73. The van der Waals surface area contributed by atoms with Crippen LogP contribution in [0.3, 0.4) is 0 Å². The van der Waals surface area contributed by atoms with Gasteiger partial charge in [-0.05, 0) is 24.6 Å². The Morgan fingerprint density at radius 2 is 2.23 bits per heavy atom. The van der Waals surface area contributed by atoms with Crippen LogP contribution in [0.25, 0.3) is 0 Å². The minimum Gasteiger partial charge on any atom is -0.478 e. The summed E-state index contributed by atoms with van der Waals surface area (Å²) in [4.78, 5) is 10.6. The van der Waals surface area contributed by atoms with Crippen LogP contribution in [0.5, 0.6) is 0 Å². The predicted molar refractivity (Wildman–Crippen MR) is 51.0 cm³/mol. The number of benzene rings is 1. The van der Waals surface area contributed by atoms with Crippen LogP contribution in [-0.4, -0.2) is 11.1 Å². The van der Waals surface area contributed by atoms with Crippen molar-refractivity contribution in [2.24, 2.45) is 5.73 Å². The molecule has 1 aromatic carbocycles. The number of hydrogen-bond donors (Lipinski definition) is 2. The minimum absolute atomic E-state index is 0.103. The molecule has 70 valence electrons. The Kier molecular flexibility index (Phi) is 2.90. The van der Waals surface area contributed by atoms with E-state index in [1.807, 2.05) is 6.92 Å². The van der Waals surface area contributed by atoms with Crippen LogP contribution in [0.2, 0.25) is 5.02 Å². The highest BCUT2D eigenvalue weighted by molar-refractivity contribution is 6.33. The van der Waals surface area contributed by atoms with Gasteiger partial charge in [-0.1, -0.05) is 17.7 Å². The van der Waals surface area contributed by atoms with E-state index < -0.39 is 5.97 Å². The van der Waals surface area contributed by atoms with Crippen LogP contribution in [0.15, 0.2) is 18.2 Å². The van der Waals surface area contributed by atoms with Gasteiger partial charge in [0, 0.05) is 6.04 Å². The Balaban J connectivity index is 3.13. The van der Waals surface area contributed by atoms with Gasteiger partial charge in [-0.2, -0.15) is 0 Å². The van der Waals surface area contributed by atoms with Crippen LogP contribution in [0.1, 0.15) is 28.9 Å². The van der Waals surface area contributed by atoms with E-state index in [1.165, 1.54) is 6.07 Å². The number of carboxylic acid groups (broad SMARTS) is 1. The van der Waals surface area contributed by atoms with Gasteiger partial charge >= 0.3 is 5.97 Å². The summed E-state index contributed by atoms with van der Waals surface area (Å²) in [5, 5.41) is 8.90. The lowest BCUT2D eigenvalue weighted by atomic mass is 10.1. The van der Waals surface area contributed by atoms with Crippen molar-refractivity contribution < 1.29 is 9.90 Å². The number of aromatic carboxylic acids is 1. The van der Waals surface area contributed by atoms with E-state index in [9.17, 15) is 4.79 Å². The van der Waals surface area contributed by atoms with E-state index in [0.717, 1.165) is 5.56 Å². The van der Waals surface area contributed by atoms with E-state index in [2.05, 4.69) is 0 Å². The van der Waals surface area contributed by atoms with Crippen molar-refractivity contribution in [1.29, 1.82) is 0 Å². The lowest BCUT2D eigenvalue weighted by Crippen LogP contribution is -2.06. The molecule has 0 saturated heterocycles. The molecule has 3 N–H and O–H groups in total. The standard InChI is InChI=1S/C9H10ClNO2/c1-5(11)6-2-3-7(9(12)13)8(10)4-6/h2-5H,11H2,1H3,(H,12,13). The minimum atomic E-state index is -1.03. The van der Waals surface area contributed by atoms with E-state index in [4.69, 9.17) is 22.4 Å². The molecule has 3 nitrogen and oxygen atoms in total. The summed E-state index contributed by atoms with van der Waals surface area (Å²) in [5.41, 5.74) is 6.53. The maximum Gasteiger partial charge on any atom is 0.337 e. The maximum absolute atomic E-state index is 10.6. The number of nitrogens with two attached hydrogens (primary N) is 1. The Morgan fingerprint density at radius 3 is 2.62 bits per heavy atom. The molecule has 1 unspecified atom stereocenters. The van der Waals surface area contributed by atoms with Crippen molar-refractivity contribution in [2.45, 2.75) is 13.0 Å². The van der Waals surface area contributed by atoms with Gasteiger partial charge in [0.2, 0.25) is 0 Å². The van der Waals surface area contributed by atoms with E-state index in [1.54, 1.807) is 12.1 Å².